The van der Waals surface area contributed by atoms with Crippen LogP contribution < -0.4 is 15.5 Å². The summed E-state index contributed by atoms with van der Waals surface area (Å²) in [5.41, 5.74) is 1.91. The Balaban J connectivity index is 1.71. The lowest BCUT2D eigenvalue weighted by Crippen LogP contribution is -2.41. The highest BCUT2D eigenvalue weighted by molar-refractivity contribution is 8.00. The van der Waals surface area contributed by atoms with Crippen LogP contribution in [-0.4, -0.2) is 30.0 Å². The molecule has 0 unspecified atom stereocenters. The fourth-order valence-corrected chi connectivity index (χ4v) is 3.49. The first-order valence-corrected chi connectivity index (χ1v) is 8.71. The number of benzene rings is 2. The zero-order chi connectivity index (χ0) is 17.8. The Morgan fingerprint density at radius 2 is 1.80 bits per heavy atom. The molecule has 6 nitrogen and oxygen atoms in total. The highest BCUT2D eigenvalue weighted by Gasteiger charge is 2.26. The van der Waals surface area contributed by atoms with Crippen LogP contribution in [-0.2, 0) is 14.4 Å². The first kappa shape index (κ1) is 17.0. The van der Waals surface area contributed by atoms with Gasteiger partial charge in [-0.05, 0) is 30.3 Å². The van der Waals surface area contributed by atoms with E-state index in [9.17, 15) is 14.4 Å². The van der Waals surface area contributed by atoms with E-state index in [1.54, 1.807) is 24.3 Å². The van der Waals surface area contributed by atoms with Gasteiger partial charge in [-0.15, -0.1) is 11.8 Å². The predicted octanol–water partition coefficient (Wildman–Crippen LogP) is 2.72. The SMILES string of the molecule is CC(=O)Nc1cccc(NC(=O)CN2C(=O)CSc3ccccc32)c1. The van der Waals surface area contributed by atoms with Gasteiger partial charge in [0.25, 0.3) is 0 Å². The van der Waals surface area contributed by atoms with Gasteiger partial charge in [-0.3, -0.25) is 14.4 Å². The Kier molecular flexibility index (Phi) is 5.04. The number of fused-ring (bicyclic) bond motifs is 1. The zero-order valence-corrected chi connectivity index (χ0v) is 14.4. The second-order valence-corrected chi connectivity index (χ2v) is 6.56. The molecular formula is C18H17N3O3S. The summed E-state index contributed by atoms with van der Waals surface area (Å²) in [4.78, 5) is 38.2. The maximum atomic E-state index is 12.4. The largest absolute Gasteiger partial charge is 0.326 e. The summed E-state index contributed by atoms with van der Waals surface area (Å²) in [5, 5.41) is 5.43. The van der Waals surface area contributed by atoms with E-state index in [2.05, 4.69) is 10.6 Å². The second kappa shape index (κ2) is 7.40. The number of carbonyl (C=O) groups excluding carboxylic acids is 3. The number of hydrogen-bond acceptors (Lipinski definition) is 4. The number of carbonyl (C=O) groups is 3. The maximum Gasteiger partial charge on any atom is 0.244 e. The zero-order valence-electron chi connectivity index (χ0n) is 13.6. The molecule has 0 saturated heterocycles. The van der Waals surface area contributed by atoms with Gasteiger partial charge in [0, 0.05) is 23.2 Å². The molecule has 0 radical (unpaired) electrons. The average Bonchev–Trinajstić information content (AvgIpc) is 2.57. The summed E-state index contributed by atoms with van der Waals surface area (Å²) < 4.78 is 0. The summed E-state index contributed by atoms with van der Waals surface area (Å²) in [7, 11) is 0. The van der Waals surface area contributed by atoms with Crippen molar-refractivity contribution in [2.24, 2.45) is 0 Å². The molecule has 1 aliphatic heterocycles. The summed E-state index contributed by atoms with van der Waals surface area (Å²) in [6.07, 6.45) is 0. The van der Waals surface area contributed by atoms with Crippen molar-refractivity contribution in [3.8, 4) is 0 Å². The molecule has 1 heterocycles. The molecule has 0 saturated carbocycles. The van der Waals surface area contributed by atoms with Gasteiger partial charge >= 0.3 is 0 Å². The molecule has 128 valence electrons. The van der Waals surface area contributed by atoms with Gasteiger partial charge in [-0.25, -0.2) is 0 Å². The van der Waals surface area contributed by atoms with E-state index in [0.717, 1.165) is 10.6 Å². The van der Waals surface area contributed by atoms with Crippen molar-refractivity contribution in [3.63, 3.8) is 0 Å². The highest BCUT2D eigenvalue weighted by atomic mass is 32.2. The third kappa shape index (κ3) is 4.19. The summed E-state index contributed by atoms with van der Waals surface area (Å²) in [6, 6.07) is 14.4. The number of anilines is 3. The van der Waals surface area contributed by atoms with Crippen LogP contribution in [0.25, 0.3) is 0 Å². The topological polar surface area (TPSA) is 78.5 Å². The minimum absolute atomic E-state index is 0.0548. The molecule has 0 aliphatic carbocycles. The molecule has 0 fully saturated rings. The van der Waals surface area contributed by atoms with Crippen molar-refractivity contribution in [2.75, 3.05) is 27.8 Å². The van der Waals surface area contributed by atoms with Crippen LogP contribution in [0.3, 0.4) is 0 Å². The summed E-state index contributed by atoms with van der Waals surface area (Å²) >= 11 is 1.48. The smallest absolute Gasteiger partial charge is 0.244 e. The monoisotopic (exact) mass is 355 g/mol. The maximum absolute atomic E-state index is 12.4. The number of hydrogen-bond donors (Lipinski definition) is 2. The molecule has 0 spiro atoms. The Labute approximate surface area is 149 Å². The number of amides is 3. The lowest BCUT2D eigenvalue weighted by molar-refractivity contribution is -0.120. The van der Waals surface area contributed by atoms with Crippen LogP contribution in [0.2, 0.25) is 0 Å². The van der Waals surface area contributed by atoms with Crippen LogP contribution >= 0.6 is 11.8 Å². The van der Waals surface area contributed by atoms with Crippen molar-refractivity contribution in [1.82, 2.24) is 0 Å². The third-order valence-corrected chi connectivity index (χ3v) is 4.62. The summed E-state index contributed by atoms with van der Waals surface area (Å²) in [6.45, 7) is 1.36. The Hall–Kier alpha value is -2.80. The molecule has 2 aromatic rings. The fraction of sp³-hybridized carbons (Fsp3) is 0.167. The van der Waals surface area contributed by atoms with Gasteiger partial charge in [0.05, 0.1) is 11.4 Å². The Bertz CT molecular complexity index is 838. The molecule has 3 amide bonds. The normalized spacial score (nSPS) is 13.2. The van der Waals surface area contributed by atoms with Gasteiger partial charge in [-0.1, -0.05) is 18.2 Å². The van der Waals surface area contributed by atoms with Gasteiger partial charge in [0.15, 0.2) is 0 Å². The quantitative estimate of drug-likeness (QED) is 0.884. The highest BCUT2D eigenvalue weighted by Crippen LogP contribution is 2.34. The number of para-hydroxylation sites is 1. The minimum Gasteiger partial charge on any atom is -0.326 e. The van der Waals surface area contributed by atoms with Crippen molar-refractivity contribution < 1.29 is 14.4 Å². The molecule has 0 bridgehead atoms. The third-order valence-electron chi connectivity index (χ3n) is 3.58. The first-order chi connectivity index (χ1) is 12.0. The lowest BCUT2D eigenvalue weighted by atomic mass is 10.2. The molecular weight excluding hydrogens is 338 g/mol. The van der Waals surface area contributed by atoms with E-state index in [1.807, 2.05) is 24.3 Å². The van der Waals surface area contributed by atoms with Crippen molar-refractivity contribution in [2.45, 2.75) is 11.8 Å². The van der Waals surface area contributed by atoms with Crippen molar-refractivity contribution in [3.05, 3.63) is 48.5 Å². The molecule has 7 heteroatoms. The van der Waals surface area contributed by atoms with E-state index < -0.39 is 0 Å². The van der Waals surface area contributed by atoms with Gasteiger partial charge in [-0.2, -0.15) is 0 Å². The number of nitrogens with one attached hydrogen (secondary N) is 2. The van der Waals surface area contributed by atoms with E-state index in [0.29, 0.717) is 17.1 Å². The van der Waals surface area contributed by atoms with Crippen molar-refractivity contribution >= 4 is 46.5 Å². The molecule has 0 atom stereocenters. The molecule has 0 aromatic heterocycles. The Morgan fingerprint density at radius 3 is 2.56 bits per heavy atom. The number of nitrogens with zero attached hydrogens (tertiary/aromatic N) is 1. The molecule has 25 heavy (non-hydrogen) atoms. The van der Waals surface area contributed by atoms with E-state index in [-0.39, 0.29) is 24.3 Å². The molecule has 3 rings (SSSR count). The lowest BCUT2D eigenvalue weighted by Gasteiger charge is -2.28. The van der Waals surface area contributed by atoms with Crippen molar-refractivity contribution in [1.29, 1.82) is 0 Å². The fourth-order valence-electron chi connectivity index (χ4n) is 2.55. The van der Waals surface area contributed by atoms with Crippen LogP contribution in [0.15, 0.2) is 53.4 Å². The first-order valence-electron chi connectivity index (χ1n) is 7.72. The summed E-state index contributed by atoms with van der Waals surface area (Å²) in [5.74, 6) is -0.250. The predicted molar refractivity (Wildman–Crippen MR) is 98.9 cm³/mol. The Morgan fingerprint density at radius 1 is 1.08 bits per heavy atom. The second-order valence-electron chi connectivity index (χ2n) is 5.55. The molecule has 2 N–H and O–H groups in total. The minimum atomic E-state index is -0.296. The molecule has 2 aromatic carbocycles. The van der Waals surface area contributed by atoms with E-state index in [1.165, 1.54) is 23.6 Å². The number of thioether (sulfide) groups is 1. The van der Waals surface area contributed by atoms with Crippen LogP contribution in [0.1, 0.15) is 6.92 Å². The van der Waals surface area contributed by atoms with E-state index in [4.69, 9.17) is 0 Å². The number of rotatable bonds is 4. The van der Waals surface area contributed by atoms with Gasteiger partial charge in [0.1, 0.15) is 6.54 Å². The standard InChI is InChI=1S/C18H17N3O3S/c1-12(22)19-13-5-4-6-14(9-13)20-17(23)10-21-15-7-2-3-8-16(15)25-11-18(21)24/h2-9H,10-11H2,1H3,(H,19,22)(H,20,23). The van der Waals surface area contributed by atoms with Gasteiger partial charge in [0.2, 0.25) is 17.7 Å². The van der Waals surface area contributed by atoms with Gasteiger partial charge < -0.3 is 15.5 Å². The van der Waals surface area contributed by atoms with Crippen LogP contribution in [0.5, 0.6) is 0 Å². The average molecular weight is 355 g/mol. The van der Waals surface area contributed by atoms with Crippen LogP contribution in [0, 0.1) is 0 Å². The molecule has 1 aliphatic rings. The van der Waals surface area contributed by atoms with Crippen LogP contribution in [0.4, 0.5) is 17.1 Å². The van der Waals surface area contributed by atoms with E-state index >= 15 is 0 Å².